The van der Waals surface area contributed by atoms with Crippen LogP contribution in [-0.2, 0) is 0 Å². The van der Waals surface area contributed by atoms with Gasteiger partial charge >= 0.3 is 0 Å². The van der Waals surface area contributed by atoms with E-state index in [0.717, 1.165) is 23.7 Å². The van der Waals surface area contributed by atoms with Gasteiger partial charge in [0.25, 0.3) is 0 Å². The second kappa shape index (κ2) is 36.5. The van der Waals surface area contributed by atoms with Crippen LogP contribution in [0.5, 0.6) is 0 Å². The van der Waals surface area contributed by atoms with Crippen molar-refractivity contribution in [3.05, 3.63) is 37.0 Å². The van der Waals surface area contributed by atoms with Gasteiger partial charge in [0.1, 0.15) is 0 Å². The smallest absolute Gasteiger partial charge is 0.0108 e. The molecular formula is C39H79Cl. The van der Waals surface area contributed by atoms with Crippen LogP contribution in [0.2, 0.25) is 0 Å². The largest absolute Gasteiger partial charge is 0.130 e. The van der Waals surface area contributed by atoms with Gasteiger partial charge in [0.05, 0.1) is 0 Å². The number of allylic oxidation sites excluding steroid dienone is 3. The highest BCUT2D eigenvalue weighted by atomic mass is 35.5. The molecule has 3 aliphatic carbocycles. The third-order valence-corrected chi connectivity index (χ3v) is 8.63. The summed E-state index contributed by atoms with van der Waals surface area (Å²) in [4.78, 5) is 0. The number of halogens is 1. The van der Waals surface area contributed by atoms with Crippen LogP contribution in [0.25, 0.3) is 0 Å². The lowest BCUT2D eigenvalue weighted by Gasteiger charge is -2.30. The first-order valence-electron chi connectivity index (χ1n) is 17.6. The number of alkyl halides is 1. The molecule has 0 radical (unpaired) electrons. The summed E-state index contributed by atoms with van der Waals surface area (Å²) in [6, 6.07) is 0. The highest BCUT2D eigenvalue weighted by molar-refractivity contribution is 6.15. The van der Waals surface area contributed by atoms with Gasteiger partial charge in [-0.3, -0.25) is 0 Å². The lowest BCUT2D eigenvalue weighted by atomic mass is 9.76. The van der Waals surface area contributed by atoms with Crippen LogP contribution in [0.4, 0.5) is 0 Å². The summed E-state index contributed by atoms with van der Waals surface area (Å²) in [7, 11) is 0. The van der Waals surface area contributed by atoms with Crippen molar-refractivity contribution in [3.8, 4) is 0 Å². The zero-order valence-electron chi connectivity index (χ0n) is 30.0. The van der Waals surface area contributed by atoms with E-state index in [4.69, 9.17) is 0 Å². The van der Waals surface area contributed by atoms with Gasteiger partial charge in [-0.15, -0.1) is 24.8 Å². The zero-order valence-corrected chi connectivity index (χ0v) is 30.7. The monoisotopic (exact) mass is 583 g/mol. The minimum atomic E-state index is 0.686. The standard InChI is InChI=1S/C18H32.2C7H14.2C2H6.C2H4.CH3Cl/c1-6-17(7-2)16(5)12-14(3)13-18-11-9-8-10-15(18)4;2*1-7-5-3-2-4-6-7;4*1-2/h6,15-16,18H,3,7-13H2,1-2,4-5H3;2*7H,2-6H2,1H3;2*1-2H3;1-2H2;1H3/b17-6-;;;;;;/t15-,16?,18?;;;;;;/m1....../s1. The fourth-order valence-corrected chi connectivity index (χ4v) is 6.17. The van der Waals surface area contributed by atoms with Crippen molar-refractivity contribution in [3.63, 3.8) is 0 Å². The normalized spacial score (nSPS) is 21.6. The fourth-order valence-electron chi connectivity index (χ4n) is 6.17. The molecule has 0 bridgehead atoms. The molecule has 3 saturated carbocycles. The molecule has 0 aliphatic heterocycles. The lowest BCUT2D eigenvalue weighted by molar-refractivity contribution is 0.252. The van der Waals surface area contributed by atoms with E-state index in [1.165, 1.54) is 121 Å². The molecule has 2 unspecified atom stereocenters. The highest BCUT2D eigenvalue weighted by Crippen LogP contribution is 2.35. The van der Waals surface area contributed by atoms with Crippen molar-refractivity contribution in [2.24, 2.45) is 29.6 Å². The molecule has 40 heavy (non-hydrogen) atoms. The molecule has 3 rings (SSSR count). The number of hydrogen-bond donors (Lipinski definition) is 0. The van der Waals surface area contributed by atoms with Crippen molar-refractivity contribution >= 4 is 11.6 Å². The number of hydrogen-bond acceptors (Lipinski definition) is 0. The molecule has 3 atom stereocenters. The number of rotatable bonds is 6. The summed E-state index contributed by atoms with van der Waals surface area (Å²) in [5, 5.41) is 0. The Morgan fingerprint density at radius 3 is 1.40 bits per heavy atom. The van der Waals surface area contributed by atoms with E-state index in [1.807, 2.05) is 27.7 Å². The minimum absolute atomic E-state index is 0.686. The van der Waals surface area contributed by atoms with Gasteiger partial charge in [-0.05, 0) is 62.2 Å². The second-order valence-electron chi connectivity index (χ2n) is 11.8. The molecule has 1 heteroatoms. The van der Waals surface area contributed by atoms with Gasteiger partial charge in [0.15, 0.2) is 0 Å². The first-order chi connectivity index (χ1) is 19.4. The lowest BCUT2D eigenvalue weighted by Crippen LogP contribution is -2.17. The SMILES string of the molecule is C=C.C=C(CC(C)/C(=C\C)CC)CC1CCCC[C@H]1C.CC.CC.CC1CCCCC1.CC1CCCCC1.CCl. The summed E-state index contributed by atoms with van der Waals surface area (Å²) in [6.07, 6.45) is 28.0. The molecule has 0 saturated heterocycles. The molecule has 3 fully saturated rings. The maximum Gasteiger partial charge on any atom is 0.0108 e. The van der Waals surface area contributed by atoms with E-state index < -0.39 is 0 Å². The van der Waals surface area contributed by atoms with E-state index >= 15 is 0 Å². The molecular weight excluding hydrogens is 504 g/mol. The van der Waals surface area contributed by atoms with Crippen molar-refractivity contribution in [2.75, 3.05) is 6.38 Å². The Morgan fingerprint density at radius 2 is 1.10 bits per heavy atom. The maximum absolute atomic E-state index is 4.64. The summed E-state index contributed by atoms with van der Waals surface area (Å²) in [6.45, 7) is 32.3. The molecule has 0 aromatic heterocycles. The van der Waals surface area contributed by atoms with Gasteiger partial charge in [-0.2, -0.15) is 0 Å². The van der Waals surface area contributed by atoms with E-state index in [-0.39, 0.29) is 0 Å². The predicted molar refractivity (Wildman–Crippen MR) is 193 cm³/mol. The average Bonchev–Trinajstić information content (AvgIpc) is 3.00. The van der Waals surface area contributed by atoms with Crippen LogP contribution >= 0.6 is 11.6 Å². The molecule has 3 aliphatic rings. The van der Waals surface area contributed by atoms with Gasteiger partial charge in [-0.1, -0.05) is 170 Å². The molecule has 0 N–H and O–H groups in total. The van der Waals surface area contributed by atoms with Crippen molar-refractivity contribution in [1.29, 1.82) is 0 Å². The quantitative estimate of drug-likeness (QED) is 0.216. The molecule has 0 nitrogen and oxygen atoms in total. The van der Waals surface area contributed by atoms with E-state index in [2.05, 4.69) is 79.0 Å². The van der Waals surface area contributed by atoms with E-state index in [0.29, 0.717) is 5.92 Å². The van der Waals surface area contributed by atoms with Crippen molar-refractivity contribution in [1.82, 2.24) is 0 Å². The first-order valence-corrected chi connectivity index (χ1v) is 18.3. The van der Waals surface area contributed by atoms with Crippen LogP contribution in [0.3, 0.4) is 0 Å². The zero-order chi connectivity index (χ0) is 31.8. The van der Waals surface area contributed by atoms with Gasteiger partial charge in [0, 0.05) is 6.38 Å². The Morgan fingerprint density at radius 1 is 0.725 bits per heavy atom. The van der Waals surface area contributed by atoms with Crippen LogP contribution in [0.15, 0.2) is 37.0 Å². The highest BCUT2D eigenvalue weighted by Gasteiger charge is 2.22. The van der Waals surface area contributed by atoms with Gasteiger partial charge in [0.2, 0.25) is 0 Å². The molecule has 242 valence electrons. The van der Waals surface area contributed by atoms with Crippen LogP contribution in [0.1, 0.15) is 178 Å². The fraction of sp³-hybridized carbons (Fsp3) is 0.846. The van der Waals surface area contributed by atoms with Crippen LogP contribution < -0.4 is 0 Å². The summed E-state index contributed by atoms with van der Waals surface area (Å²) in [5.74, 6) is 4.58. The molecule has 0 aromatic rings. The van der Waals surface area contributed by atoms with Gasteiger partial charge < -0.3 is 0 Å². The average molecular weight is 584 g/mol. The molecule has 0 aromatic carbocycles. The predicted octanol–water partition coefficient (Wildman–Crippen LogP) is 15.0. The Balaban J connectivity index is -0.000000243. The minimum Gasteiger partial charge on any atom is -0.130 e. The Kier molecular flexibility index (Phi) is 42.4. The third-order valence-electron chi connectivity index (χ3n) is 8.63. The first kappa shape index (κ1) is 46.5. The van der Waals surface area contributed by atoms with Crippen molar-refractivity contribution < 1.29 is 0 Å². The molecule has 0 spiro atoms. The van der Waals surface area contributed by atoms with Crippen molar-refractivity contribution in [2.45, 2.75) is 178 Å². The molecule has 0 amide bonds. The Hall–Kier alpha value is -0.490. The summed E-state index contributed by atoms with van der Waals surface area (Å²) >= 11 is 4.64. The van der Waals surface area contributed by atoms with E-state index in [1.54, 1.807) is 5.57 Å². The third kappa shape index (κ3) is 27.7. The van der Waals surface area contributed by atoms with Crippen LogP contribution in [-0.4, -0.2) is 6.38 Å². The second-order valence-corrected chi connectivity index (χ2v) is 11.8. The summed E-state index contributed by atoms with van der Waals surface area (Å²) < 4.78 is 0. The van der Waals surface area contributed by atoms with Crippen LogP contribution in [0, 0.1) is 29.6 Å². The molecule has 0 heterocycles. The van der Waals surface area contributed by atoms with E-state index in [9.17, 15) is 0 Å². The maximum atomic E-state index is 4.64. The Labute approximate surface area is 262 Å². The summed E-state index contributed by atoms with van der Waals surface area (Å²) in [5.41, 5.74) is 3.07. The Bertz CT molecular complexity index is 491. The van der Waals surface area contributed by atoms with Gasteiger partial charge in [-0.25, -0.2) is 0 Å². The topological polar surface area (TPSA) is 0 Å².